The Bertz CT molecular complexity index is 940. The van der Waals surface area contributed by atoms with Crippen LogP contribution < -0.4 is 15.0 Å². The number of hydrogen-bond acceptors (Lipinski definition) is 6. The van der Waals surface area contributed by atoms with E-state index in [1.54, 1.807) is 20.8 Å². The molecule has 1 fully saturated rings. The molecule has 32 heavy (non-hydrogen) atoms. The molecule has 1 amide bonds. The van der Waals surface area contributed by atoms with Crippen LogP contribution >= 0.6 is 0 Å². The van der Waals surface area contributed by atoms with Crippen LogP contribution in [0.4, 0.5) is 14.9 Å². The van der Waals surface area contributed by atoms with E-state index < -0.39 is 29.3 Å². The average Bonchev–Trinajstić information content (AvgIpc) is 3.17. The van der Waals surface area contributed by atoms with Crippen LogP contribution in [0.15, 0.2) is 0 Å². The van der Waals surface area contributed by atoms with Gasteiger partial charge in [0.15, 0.2) is 5.75 Å². The Balaban J connectivity index is 2.28. The van der Waals surface area contributed by atoms with Gasteiger partial charge in [-0.1, -0.05) is 13.3 Å². The highest BCUT2D eigenvalue weighted by Crippen LogP contribution is 2.50. The van der Waals surface area contributed by atoms with Crippen LogP contribution in [-0.2, 0) is 9.53 Å². The maximum atomic E-state index is 15.7. The number of nitrogens with zero attached hydrogens (tertiary/aromatic N) is 1. The number of carbonyl (C=O) groups is 3. The number of rotatable bonds is 6. The number of anilines is 1. The maximum Gasteiger partial charge on any atom is 0.414 e. The lowest BCUT2D eigenvalue weighted by atomic mass is 9.84. The van der Waals surface area contributed by atoms with Crippen molar-refractivity contribution in [3.05, 3.63) is 22.5 Å². The van der Waals surface area contributed by atoms with Gasteiger partial charge in [0.2, 0.25) is 0 Å². The Kier molecular flexibility index (Phi) is 6.78. The quantitative estimate of drug-likeness (QED) is 0.384. The van der Waals surface area contributed by atoms with Crippen LogP contribution in [0.25, 0.3) is 0 Å². The number of fused-ring (bicyclic) bond motifs is 3. The number of ether oxygens (including phenoxy) is 2. The van der Waals surface area contributed by atoms with E-state index in [2.05, 4.69) is 5.32 Å². The molecule has 2 aliphatic heterocycles. The first-order valence-corrected chi connectivity index (χ1v) is 11.0. The Hall–Kier alpha value is -2.68. The van der Waals surface area contributed by atoms with Gasteiger partial charge in [-0.2, -0.15) is 0 Å². The molecule has 2 atom stereocenters. The number of Topliss-reactive ketones (excluding diaryl/α,β-unsaturated/α-hetero) is 1. The summed E-state index contributed by atoms with van der Waals surface area (Å²) in [6.07, 6.45) is 1.49. The van der Waals surface area contributed by atoms with Crippen LogP contribution in [0.3, 0.4) is 0 Å². The number of benzene rings is 1. The zero-order valence-corrected chi connectivity index (χ0v) is 19.2. The highest BCUT2D eigenvalue weighted by atomic mass is 19.1. The van der Waals surface area contributed by atoms with Gasteiger partial charge in [0.05, 0.1) is 17.9 Å². The monoisotopic (exact) mass is 450 g/mol. The van der Waals surface area contributed by atoms with Gasteiger partial charge in [0, 0.05) is 23.7 Å². The number of carboxylic acids is 1. The number of aliphatic carboxylic acids is 1. The highest BCUT2D eigenvalue weighted by Gasteiger charge is 2.45. The van der Waals surface area contributed by atoms with E-state index in [0.717, 1.165) is 12.8 Å². The average molecular weight is 451 g/mol. The summed E-state index contributed by atoms with van der Waals surface area (Å²) in [6.45, 7) is 9.59. The summed E-state index contributed by atoms with van der Waals surface area (Å²) in [5.74, 6) is -3.82. The molecule has 0 radical (unpaired) electrons. The van der Waals surface area contributed by atoms with Crippen molar-refractivity contribution in [2.24, 2.45) is 5.92 Å². The third kappa shape index (κ3) is 4.44. The molecule has 0 aliphatic carbocycles. The Labute approximate surface area is 187 Å². The van der Waals surface area contributed by atoms with E-state index in [1.807, 2.05) is 6.92 Å². The largest absolute Gasteiger partial charge is 0.491 e. The molecule has 1 saturated heterocycles. The Morgan fingerprint density at radius 3 is 2.56 bits per heavy atom. The fourth-order valence-electron chi connectivity index (χ4n) is 4.32. The molecular weight excluding hydrogens is 419 g/mol. The van der Waals surface area contributed by atoms with Crippen LogP contribution in [0, 0.1) is 18.7 Å². The Morgan fingerprint density at radius 1 is 1.28 bits per heavy atom. The predicted octanol–water partition coefficient (Wildman–Crippen LogP) is 3.99. The van der Waals surface area contributed by atoms with Crippen molar-refractivity contribution in [1.82, 2.24) is 5.32 Å². The number of amides is 1. The lowest BCUT2D eigenvalue weighted by molar-refractivity contribution is -0.131. The molecule has 0 bridgehead atoms. The van der Waals surface area contributed by atoms with Gasteiger partial charge in [0.25, 0.3) is 5.78 Å². The zero-order chi connectivity index (χ0) is 23.8. The molecule has 0 spiro atoms. The summed E-state index contributed by atoms with van der Waals surface area (Å²) >= 11 is 0. The summed E-state index contributed by atoms with van der Waals surface area (Å²) in [7, 11) is 0. The van der Waals surface area contributed by atoms with Gasteiger partial charge in [-0.05, 0) is 53.0 Å². The van der Waals surface area contributed by atoms with E-state index in [4.69, 9.17) is 9.47 Å². The molecule has 2 unspecified atom stereocenters. The van der Waals surface area contributed by atoms with E-state index in [1.165, 1.54) is 11.8 Å². The van der Waals surface area contributed by atoms with Gasteiger partial charge in [-0.15, -0.1) is 0 Å². The molecule has 2 aliphatic rings. The highest BCUT2D eigenvalue weighted by molar-refractivity contribution is 6.41. The summed E-state index contributed by atoms with van der Waals surface area (Å²) in [4.78, 5) is 38.6. The molecule has 176 valence electrons. The molecule has 9 heteroatoms. The molecule has 2 N–H and O–H groups in total. The fraction of sp³-hybridized carbons (Fsp3) is 0.609. The molecule has 3 rings (SSSR count). The van der Waals surface area contributed by atoms with Crippen LogP contribution in [0.5, 0.6) is 5.75 Å². The van der Waals surface area contributed by atoms with Gasteiger partial charge < -0.3 is 19.9 Å². The van der Waals surface area contributed by atoms with E-state index >= 15 is 4.39 Å². The summed E-state index contributed by atoms with van der Waals surface area (Å²) in [5, 5.41) is 12.7. The zero-order valence-electron chi connectivity index (χ0n) is 19.2. The van der Waals surface area contributed by atoms with Crippen molar-refractivity contribution in [1.29, 1.82) is 0 Å². The number of nitrogens with one attached hydrogen (secondary N) is 1. The molecule has 2 heterocycles. The van der Waals surface area contributed by atoms with Crippen LogP contribution in [-0.4, -0.2) is 48.2 Å². The van der Waals surface area contributed by atoms with Gasteiger partial charge in [0.1, 0.15) is 11.4 Å². The fourth-order valence-corrected chi connectivity index (χ4v) is 4.32. The van der Waals surface area contributed by atoms with Crippen molar-refractivity contribution in [2.75, 3.05) is 24.6 Å². The van der Waals surface area contributed by atoms with E-state index in [-0.39, 0.29) is 53.2 Å². The van der Waals surface area contributed by atoms with Gasteiger partial charge in [-0.25, -0.2) is 14.0 Å². The Morgan fingerprint density at radius 2 is 1.97 bits per heavy atom. The van der Waals surface area contributed by atoms with Crippen LogP contribution in [0.2, 0.25) is 0 Å². The van der Waals surface area contributed by atoms with Gasteiger partial charge in [-0.3, -0.25) is 9.69 Å². The first-order chi connectivity index (χ1) is 15.0. The second kappa shape index (κ2) is 9.05. The van der Waals surface area contributed by atoms with Crippen molar-refractivity contribution >= 4 is 23.5 Å². The third-order valence-electron chi connectivity index (χ3n) is 5.77. The maximum absolute atomic E-state index is 15.7. The minimum atomic E-state index is -1.72. The lowest BCUT2D eigenvalue weighted by Gasteiger charge is -2.39. The van der Waals surface area contributed by atoms with Crippen LogP contribution in [0.1, 0.15) is 74.5 Å². The minimum Gasteiger partial charge on any atom is -0.491 e. The summed E-state index contributed by atoms with van der Waals surface area (Å²) < 4.78 is 27.2. The SMILES string of the molecule is CCCCOc1c(C(=O)C(=O)O)c(C)c(F)c2c1N(C(=O)OC(C)(C)C)CC1CCNC21. The smallest absolute Gasteiger partial charge is 0.414 e. The van der Waals surface area contributed by atoms with Crippen molar-refractivity contribution in [2.45, 2.75) is 65.5 Å². The standard InChI is InChI=1S/C23H31FN2O6/c1-6-7-10-31-20-14(19(27)21(28)29)12(2)16(24)15-17-13(8-9-25-17)11-26(18(15)20)22(30)32-23(3,4)5/h13,17,25H,6-11H2,1-5H3,(H,28,29). The number of unbranched alkanes of at least 4 members (excludes halogenated alkanes) is 1. The molecular formula is C23H31FN2O6. The first-order valence-electron chi connectivity index (χ1n) is 11.0. The topological polar surface area (TPSA) is 105 Å². The summed E-state index contributed by atoms with van der Waals surface area (Å²) in [6, 6.07) is -0.370. The molecule has 8 nitrogen and oxygen atoms in total. The number of carboxylic acid groups (broad SMARTS) is 1. The number of hydrogen-bond donors (Lipinski definition) is 2. The van der Waals surface area contributed by atoms with Crippen molar-refractivity contribution in [3.63, 3.8) is 0 Å². The third-order valence-corrected chi connectivity index (χ3v) is 5.77. The van der Waals surface area contributed by atoms with Gasteiger partial charge >= 0.3 is 12.1 Å². The van der Waals surface area contributed by atoms with E-state index in [0.29, 0.717) is 13.0 Å². The summed E-state index contributed by atoms with van der Waals surface area (Å²) in [5.41, 5.74) is -0.959. The minimum absolute atomic E-state index is 0.0477. The van der Waals surface area contributed by atoms with E-state index in [9.17, 15) is 19.5 Å². The lowest BCUT2D eigenvalue weighted by Crippen LogP contribution is -2.45. The molecule has 1 aromatic rings. The number of halogens is 1. The predicted molar refractivity (Wildman–Crippen MR) is 116 cm³/mol. The molecule has 1 aromatic carbocycles. The second-order valence-corrected chi connectivity index (χ2v) is 9.31. The molecule has 0 aromatic heterocycles. The second-order valence-electron chi connectivity index (χ2n) is 9.31. The number of carbonyl (C=O) groups excluding carboxylic acids is 2. The number of ketones is 1. The van der Waals surface area contributed by atoms with Crippen molar-refractivity contribution in [3.8, 4) is 5.75 Å². The first kappa shape index (κ1) is 24.0. The molecule has 0 saturated carbocycles. The normalized spacial score (nSPS) is 19.9. The van der Waals surface area contributed by atoms with Crippen molar-refractivity contribution < 1.29 is 33.4 Å².